The Bertz CT molecular complexity index is 559. The van der Waals surface area contributed by atoms with Gasteiger partial charge in [-0.1, -0.05) is 24.9 Å². The Morgan fingerprint density at radius 1 is 1.47 bits per heavy atom. The van der Waals surface area contributed by atoms with Crippen LogP contribution in [0.4, 0.5) is 0 Å². The molecule has 0 aliphatic heterocycles. The Kier molecular flexibility index (Phi) is 4.32. The molecule has 1 unspecified atom stereocenters. The summed E-state index contributed by atoms with van der Waals surface area (Å²) in [6.45, 7) is 4.70. The molecule has 0 aliphatic carbocycles. The van der Waals surface area contributed by atoms with Crippen molar-refractivity contribution in [1.29, 1.82) is 0 Å². The van der Waals surface area contributed by atoms with Crippen molar-refractivity contribution in [3.8, 4) is 0 Å². The fourth-order valence-corrected chi connectivity index (χ4v) is 2.47. The Labute approximate surface area is 118 Å². The van der Waals surface area contributed by atoms with Gasteiger partial charge in [0.05, 0.1) is 18.3 Å². The predicted molar refractivity (Wildman–Crippen MR) is 76.4 cm³/mol. The predicted octanol–water partition coefficient (Wildman–Crippen LogP) is 3.07. The van der Waals surface area contributed by atoms with E-state index < -0.39 is 0 Å². The highest BCUT2D eigenvalue weighted by atomic mass is 35.5. The highest BCUT2D eigenvalue weighted by Gasteiger charge is 2.13. The lowest BCUT2D eigenvalue weighted by atomic mass is 10.1. The molecule has 19 heavy (non-hydrogen) atoms. The van der Waals surface area contributed by atoms with E-state index >= 15 is 0 Å². The zero-order chi connectivity index (χ0) is 14.0. The average Bonchev–Trinajstić information content (AvgIpc) is 2.91. The van der Waals surface area contributed by atoms with Crippen LogP contribution in [0.5, 0.6) is 0 Å². The number of aromatic nitrogens is 3. The van der Waals surface area contributed by atoms with Gasteiger partial charge in [-0.25, -0.2) is 0 Å². The van der Waals surface area contributed by atoms with Crippen molar-refractivity contribution in [3.63, 3.8) is 0 Å². The molecule has 2 aromatic heterocycles. The average molecular weight is 282 g/mol. The van der Waals surface area contributed by atoms with E-state index in [0.717, 1.165) is 29.7 Å². The summed E-state index contributed by atoms with van der Waals surface area (Å²) in [5.41, 5.74) is 2.92. The lowest BCUT2D eigenvalue weighted by molar-refractivity contribution is 0.166. The second kappa shape index (κ2) is 5.80. The van der Waals surface area contributed by atoms with Crippen LogP contribution in [0.1, 0.15) is 42.7 Å². The summed E-state index contributed by atoms with van der Waals surface area (Å²) >= 11 is 6.22. The van der Waals surface area contributed by atoms with E-state index in [1.165, 1.54) is 0 Å². The SMILES string of the molecule is CCCC(O)c1ccn(Cc2c(C)nn(C)c2Cl)c1. The lowest BCUT2D eigenvalue weighted by Gasteiger charge is -2.06. The summed E-state index contributed by atoms with van der Waals surface area (Å²) in [4.78, 5) is 0. The van der Waals surface area contributed by atoms with Gasteiger partial charge >= 0.3 is 0 Å². The zero-order valence-electron chi connectivity index (χ0n) is 11.6. The van der Waals surface area contributed by atoms with Crippen molar-refractivity contribution in [2.24, 2.45) is 7.05 Å². The monoisotopic (exact) mass is 281 g/mol. The van der Waals surface area contributed by atoms with E-state index in [1.54, 1.807) is 4.68 Å². The number of halogens is 1. The zero-order valence-corrected chi connectivity index (χ0v) is 12.4. The van der Waals surface area contributed by atoms with Crippen molar-refractivity contribution >= 4 is 11.6 Å². The van der Waals surface area contributed by atoms with Crippen LogP contribution in [0.2, 0.25) is 5.15 Å². The number of aliphatic hydroxyl groups is 1. The molecule has 0 fully saturated rings. The molecule has 5 heteroatoms. The van der Waals surface area contributed by atoms with Crippen molar-refractivity contribution in [3.05, 3.63) is 40.4 Å². The van der Waals surface area contributed by atoms with Crippen LogP contribution in [0, 0.1) is 6.92 Å². The second-order valence-electron chi connectivity index (χ2n) is 4.90. The number of hydrogen-bond donors (Lipinski definition) is 1. The number of aryl methyl sites for hydroxylation is 2. The molecule has 0 saturated carbocycles. The molecule has 0 spiro atoms. The van der Waals surface area contributed by atoms with Crippen LogP contribution in [-0.4, -0.2) is 19.5 Å². The molecule has 104 valence electrons. The molecule has 2 aromatic rings. The van der Waals surface area contributed by atoms with Gasteiger partial charge in [-0.3, -0.25) is 4.68 Å². The number of rotatable bonds is 5. The maximum atomic E-state index is 9.96. The van der Waals surface area contributed by atoms with Gasteiger partial charge in [-0.05, 0) is 25.0 Å². The first-order chi connectivity index (χ1) is 9.02. The first-order valence-electron chi connectivity index (χ1n) is 6.54. The molecule has 2 heterocycles. The second-order valence-corrected chi connectivity index (χ2v) is 5.26. The van der Waals surface area contributed by atoms with Gasteiger partial charge in [0.1, 0.15) is 5.15 Å². The van der Waals surface area contributed by atoms with Crippen LogP contribution < -0.4 is 0 Å². The number of aliphatic hydroxyl groups excluding tert-OH is 1. The van der Waals surface area contributed by atoms with Crippen LogP contribution in [0.3, 0.4) is 0 Å². The van der Waals surface area contributed by atoms with E-state index in [2.05, 4.69) is 12.0 Å². The quantitative estimate of drug-likeness (QED) is 0.915. The number of hydrogen-bond acceptors (Lipinski definition) is 2. The maximum Gasteiger partial charge on any atom is 0.131 e. The van der Waals surface area contributed by atoms with Crippen LogP contribution in [0.15, 0.2) is 18.5 Å². The Hall–Kier alpha value is -1.26. The number of nitrogens with zero attached hydrogens (tertiary/aromatic N) is 3. The third-order valence-electron chi connectivity index (χ3n) is 3.33. The van der Waals surface area contributed by atoms with E-state index in [1.807, 2.05) is 37.0 Å². The molecule has 4 nitrogen and oxygen atoms in total. The Morgan fingerprint density at radius 2 is 2.21 bits per heavy atom. The minimum absolute atomic E-state index is 0.378. The Balaban J connectivity index is 2.16. The van der Waals surface area contributed by atoms with Crippen molar-refractivity contribution < 1.29 is 5.11 Å². The summed E-state index contributed by atoms with van der Waals surface area (Å²) < 4.78 is 3.71. The molecule has 1 N–H and O–H groups in total. The smallest absolute Gasteiger partial charge is 0.131 e. The summed E-state index contributed by atoms with van der Waals surface area (Å²) in [5, 5.41) is 14.9. The fraction of sp³-hybridized carbons (Fsp3) is 0.500. The van der Waals surface area contributed by atoms with E-state index in [-0.39, 0.29) is 6.10 Å². The molecule has 0 bridgehead atoms. The van der Waals surface area contributed by atoms with E-state index in [9.17, 15) is 5.11 Å². The topological polar surface area (TPSA) is 43.0 Å². The third-order valence-corrected chi connectivity index (χ3v) is 3.80. The minimum Gasteiger partial charge on any atom is -0.388 e. The van der Waals surface area contributed by atoms with Gasteiger partial charge in [0.2, 0.25) is 0 Å². The third kappa shape index (κ3) is 3.01. The molecule has 2 rings (SSSR count). The van der Waals surface area contributed by atoms with Gasteiger partial charge in [0, 0.05) is 25.0 Å². The lowest BCUT2D eigenvalue weighted by Crippen LogP contribution is -1.99. The molecule has 0 aromatic carbocycles. The first-order valence-corrected chi connectivity index (χ1v) is 6.92. The van der Waals surface area contributed by atoms with Crippen molar-refractivity contribution in [2.75, 3.05) is 0 Å². The molecule has 1 atom stereocenters. The van der Waals surface area contributed by atoms with Gasteiger partial charge in [0.25, 0.3) is 0 Å². The fourth-order valence-electron chi connectivity index (χ4n) is 2.23. The molecular weight excluding hydrogens is 262 g/mol. The molecule has 0 aliphatic rings. The van der Waals surface area contributed by atoms with Crippen LogP contribution in [-0.2, 0) is 13.6 Å². The maximum absolute atomic E-state index is 9.96. The normalized spacial score (nSPS) is 12.9. The summed E-state index contributed by atoms with van der Waals surface area (Å²) in [5.74, 6) is 0. The van der Waals surface area contributed by atoms with Crippen LogP contribution in [0.25, 0.3) is 0 Å². The van der Waals surface area contributed by atoms with Crippen LogP contribution >= 0.6 is 11.6 Å². The Morgan fingerprint density at radius 3 is 2.79 bits per heavy atom. The van der Waals surface area contributed by atoms with Gasteiger partial charge < -0.3 is 9.67 Å². The van der Waals surface area contributed by atoms with Gasteiger partial charge in [-0.2, -0.15) is 5.10 Å². The molecule has 0 saturated heterocycles. The van der Waals surface area contributed by atoms with Crippen molar-refractivity contribution in [2.45, 2.75) is 39.3 Å². The van der Waals surface area contributed by atoms with Gasteiger partial charge in [-0.15, -0.1) is 0 Å². The highest BCUT2D eigenvalue weighted by molar-refractivity contribution is 6.30. The van der Waals surface area contributed by atoms with Gasteiger partial charge in [0.15, 0.2) is 0 Å². The van der Waals surface area contributed by atoms with Crippen molar-refractivity contribution in [1.82, 2.24) is 14.3 Å². The molecule has 0 radical (unpaired) electrons. The summed E-state index contributed by atoms with van der Waals surface area (Å²) in [6.07, 6.45) is 5.33. The standard InChI is InChI=1S/C14H20ClN3O/c1-4-5-13(19)11-6-7-18(8-11)9-12-10(2)16-17(3)14(12)15/h6-8,13,19H,4-5,9H2,1-3H3. The van der Waals surface area contributed by atoms with E-state index in [4.69, 9.17) is 11.6 Å². The first kappa shape index (κ1) is 14.2. The summed E-state index contributed by atoms with van der Waals surface area (Å²) in [6, 6.07) is 1.96. The highest BCUT2D eigenvalue weighted by Crippen LogP contribution is 2.22. The largest absolute Gasteiger partial charge is 0.388 e. The minimum atomic E-state index is -0.378. The van der Waals surface area contributed by atoms with E-state index in [0.29, 0.717) is 11.7 Å². The molecular formula is C14H20ClN3O. The summed E-state index contributed by atoms with van der Waals surface area (Å²) in [7, 11) is 1.84. The molecule has 0 amide bonds.